The van der Waals surface area contributed by atoms with Gasteiger partial charge in [0.25, 0.3) is 0 Å². The van der Waals surface area contributed by atoms with Gasteiger partial charge in [-0.1, -0.05) is 17.7 Å². The van der Waals surface area contributed by atoms with E-state index >= 15 is 0 Å². The summed E-state index contributed by atoms with van der Waals surface area (Å²) in [4.78, 5) is 3.86. The minimum atomic E-state index is -1.12. The summed E-state index contributed by atoms with van der Waals surface area (Å²) in [7, 11) is 0. The van der Waals surface area contributed by atoms with Crippen LogP contribution in [0, 0.1) is 0 Å². The van der Waals surface area contributed by atoms with Crippen molar-refractivity contribution in [2.45, 2.75) is 24.4 Å². The highest BCUT2D eigenvalue weighted by molar-refractivity contribution is 6.30. The van der Waals surface area contributed by atoms with Gasteiger partial charge in [0.05, 0.1) is 6.61 Å². The molecule has 1 aliphatic rings. The minimum Gasteiger partial charge on any atom is -0.394 e. The van der Waals surface area contributed by atoms with Gasteiger partial charge in [0.15, 0.2) is 0 Å². The van der Waals surface area contributed by atoms with Crippen LogP contribution in [0.5, 0.6) is 0 Å². The van der Waals surface area contributed by atoms with E-state index in [4.69, 9.17) is 21.4 Å². The van der Waals surface area contributed by atoms with Crippen LogP contribution in [0.25, 0.3) is 0 Å². The molecule has 0 saturated carbocycles. The molecule has 1 saturated heterocycles. The summed E-state index contributed by atoms with van der Waals surface area (Å²) in [5, 5.41) is 28.5. The lowest BCUT2D eigenvalue weighted by atomic mass is 10.0. The van der Waals surface area contributed by atoms with Gasteiger partial charge >= 0.3 is 0 Å². The first kappa shape index (κ1) is 11.8. The molecule has 1 aliphatic heterocycles. The number of rotatable bonds is 2. The Morgan fingerprint density at radius 3 is 2.69 bits per heavy atom. The van der Waals surface area contributed by atoms with Crippen molar-refractivity contribution < 1.29 is 20.1 Å². The number of hydrogen-bond acceptors (Lipinski definition) is 5. The standard InChI is InChI=1S/C10H12ClNO4/c11-10-5(2-1-3-12-10)9-8(15)7(14)6(4-13)16-9/h1-3,6-9,13-15H,4H2/t6-,7-,8-,9-/m1/s1. The van der Waals surface area contributed by atoms with E-state index in [1.54, 1.807) is 12.1 Å². The van der Waals surface area contributed by atoms with E-state index in [0.29, 0.717) is 5.56 Å². The molecule has 1 fully saturated rings. The largest absolute Gasteiger partial charge is 0.394 e. The molecule has 2 heterocycles. The molecule has 5 nitrogen and oxygen atoms in total. The second kappa shape index (κ2) is 4.65. The highest BCUT2D eigenvalue weighted by Crippen LogP contribution is 2.35. The summed E-state index contributed by atoms with van der Waals surface area (Å²) < 4.78 is 5.33. The van der Waals surface area contributed by atoms with E-state index in [9.17, 15) is 10.2 Å². The van der Waals surface area contributed by atoms with Crippen molar-refractivity contribution in [2.24, 2.45) is 0 Å². The average molecular weight is 246 g/mol. The van der Waals surface area contributed by atoms with Crippen LogP contribution in [0.2, 0.25) is 5.15 Å². The molecule has 0 unspecified atom stereocenters. The van der Waals surface area contributed by atoms with Crippen LogP contribution in [0.15, 0.2) is 18.3 Å². The topological polar surface area (TPSA) is 82.8 Å². The number of nitrogens with zero attached hydrogens (tertiary/aromatic N) is 1. The molecular weight excluding hydrogens is 234 g/mol. The van der Waals surface area contributed by atoms with Crippen molar-refractivity contribution in [2.75, 3.05) is 6.61 Å². The molecule has 4 atom stereocenters. The highest BCUT2D eigenvalue weighted by atomic mass is 35.5. The highest BCUT2D eigenvalue weighted by Gasteiger charge is 2.43. The van der Waals surface area contributed by atoms with Crippen molar-refractivity contribution in [3.05, 3.63) is 29.0 Å². The molecule has 1 aromatic heterocycles. The normalized spacial score (nSPS) is 34.2. The Morgan fingerprint density at radius 1 is 1.38 bits per heavy atom. The first-order valence-corrected chi connectivity index (χ1v) is 5.26. The summed E-state index contributed by atoms with van der Waals surface area (Å²) in [6.07, 6.45) is -2.26. The van der Waals surface area contributed by atoms with Gasteiger partial charge in [0.1, 0.15) is 29.6 Å². The lowest BCUT2D eigenvalue weighted by molar-refractivity contribution is -0.0228. The van der Waals surface area contributed by atoms with Crippen LogP contribution in [-0.4, -0.2) is 45.2 Å². The molecule has 0 aromatic carbocycles. The third-order valence-corrected chi connectivity index (χ3v) is 2.95. The van der Waals surface area contributed by atoms with Crippen LogP contribution in [-0.2, 0) is 4.74 Å². The van der Waals surface area contributed by atoms with Crippen molar-refractivity contribution in [3.63, 3.8) is 0 Å². The smallest absolute Gasteiger partial charge is 0.134 e. The van der Waals surface area contributed by atoms with Crippen molar-refractivity contribution in [1.82, 2.24) is 4.98 Å². The maximum atomic E-state index is 9.76. The summed E-state index contributed by atoms with van der Waals surface area (Å²) in [6, 6.07) is 3.33. The zero-order valence-electron chi connectivity index (χ0n) is 8.32. The van der Waals surface area contributed by atoms with E-state index in [-0.39, 0.29) is 11.8 Å². The summed E-state index contributed by atoms with van der Waals surface area (Å²) >= 11 is 5.86. The molecular formula is C10H12ClNO4. The maximum Gasteiger partial charge on any atom is 0.134 e. The van der Waals surface area contributed by atoms with Crippen LogP contribution >= 0.6 is 11.6 Å². The fourth-order valence-corrected chi connectivity index (χ4v) is 1.99. The Morgan fingerprint density at radius 2 is 2.12 bits per heavy atom. The molecule has 16 heavy (non-hydrogen) atoms. The first-order chi connectivity index (χ1) is 7.65. The van der Waals surface area contributed by atoms with Gasteiger partial charge in [-0.25, -0.2) is 4.98 Å². The molecule has 3 N–H and O–H groups in total. The first-order valence-electron chi connectivity index (χ1n) is 4.88. The fraction of sp³-hybridized carbons (Fsp3) is 0.500. The molecule has 88 valence electrons. The fourth-order valence-electron chi connectivity index (χ4n) is 1.77. The van der Waals surface area contributed by atoms with Crippen molar-refractivity contribution in [1.29, 1.82) is 0 Å². The van der Waals surface area contributed by atoms with Gasteiger partial charge in [-0.3, -0.25) is 0 Å². The van der Waals surface area contributed by atoms with E-state index in [1.807, 2.05) is 0 Å². The Bertz CT molecular complexity index is 376. The van der Waals surface area contributed by atoms with Crippen LogP contribution in [0.1, 0.15) is 11.7 Å². The minimum absolute atomic E-state index is 0.220. The molecule has 6 heteroatoms. The quantitative estimate of drug-likeness (QED) is 0.634. The number of aliphatic hydroxyl groups is 3. The number of aromatic nitrogens is 1. The van der Waals surface area contributed by atoms with E-state index in [1.165, 1.54) is 6.20 Å². The molecule has 0 spiro atoms. The lowest BCUT2D eigenvalue weighted by Gasteiger charge is -2.15. The van der Waals surface area contributed by atoms with Gasteiger partial charge in [-0.2, -0.15) is 0 Å². The van der Waals surface area contributed by atoms with Gasteiger partial charge in [-0.05, 0) is 6.07 Å². The number of aliphatic hydroxyl groups excluding tert-OH is 3. The van der Waals surface area contributed by atoms with Gasteiger partial charge in [-0.15, -0.1) is 0 Å². The number of halogens is 1. The molecule has 0 aliphatic carbocycles. The Balaban J connectivity index is 2.26. The molecule has 1 aromatic rings. The second-order valence-corrected chi connectivity index (χ2v) is 4.00. The predicted molar refractivity (Wildman–Crippen MR) is 56.0 cm³/mol. The van der Waals surface area contributed by atoms with Gasteiger partial charge < -0.3 is 20.1 Å². The number of ether oxygens (including phenoxy) is 1. The van der Waals surface area contributed by atoms with E-state index in [2.05, 4.69) is 4.98 Å². The molecule has 0 amide bonds. The monoisotopic (exact) mass is 245 g/mol. The van der Waals surface area contributed by atoms with Crippen LogP contribution in [0.4, 0.5) is 0 Å². The average Bonchev–Trinajstić information content (AvgIpc) is 2.57. The second-order valence-electron chi connectivity index (χ2n) is 3.64. The predicted octanol–water partition coefficient (Wildman–Crippen LogP) is -0.111. The van der Waals surface area contributed by atoms with E-state index < -0.39 is 24.4 Å². The van der Waals surface area contributed by atoms with Crippen LogP contribution in [0.3, 0.4) is 0 Å². The van der Waals surface area contributed by atoms with Gasteiger partial charge in [0.2, 0.25) is 0 Å². The number of hydrogen-bond donors (Lipinski definition) is 3. The van der Waals surface area contributed by atoms with Crippen molar-refractivity contribution >= 4 is 11.6 Å². The Labute approximate surface area is 97.3 Å². The zero-order chi connectivity index (χ0) is 11.7. The molecule has 2 rings (SSSR count). The summed E-state index contributed by atoms with van der Waals surface area (Å²) in [5.74, 6) is 0. The SMILES string of the molecule is OC[C@H]1O[C@H](c2cccnc2Cl)[C@H](O)[C@@H]1O. The van der Waals surface area contributed by atoms with Crippen LogP contribution < -0.4 is 0 Å². The third-order valence-electron chi connectivity index (χ3n) is 2.64. The summed E-state index contributed by atoms with van der Waals surface area (Å²) in [6.45, 7) is -0.355. The maximum absolute atomic E-state index is 9.76. The zero-order valence-corrected chi connectivity index (χ0v) is 9.08. The third kappa shape index (κ3) is 1.92. The van der Waals surface area contributed by atoms with Crippen molar-refractivity contribution in [3.8, 4) is 0 Å². The Kier molecular flexibility index (Phi) is 3.41. The lowest BCUT2D eigenvalue weighted by Crippen LogP contribution is -2.32. The molecule has 0 bridgehead atoms. The molecule has 0 radical (unpaired) electrons. The van der Waals surface area contributed by atoms with Gasteiger partial charge in [0, 0.05) is 11.8 Å². The number of pyridine rings is 1. The van der Waals surface area contributed by atoms with E-state index in [0.717, 1.165) is 0 Å². The Hall–Kier alpha value is -0.720. The summed E-state index contributed by atoms with van der Waals surface area (Å²) in [5.41, 5.74) is 0.506.